The average molecular weight is 338 g/mol. The monoisotopic (exact) mass is 338 g/mol. The van der Waals surface area contributed by atoms with E-state index in [0.29, 0.717) is 23.7 Å². The number of anilines is 1. The van der Waals surface area contributed by atoms with Gasteiger partial charge in [0, 0.05) is 37.6 Å². The molecule has 2 N–H and O–H groups in total. The smallest absolute Gasteiger partial charge is 0.254 e. The van der Waals surface area contributed by atoms with Crippen molar-refractivity contribution in [1.82, 2.24) is 4.90 Å². The van der Waals surface area contributed by atoms with Crippen molar-refractivity contribution in [3.05, 3.63) is 65.2 Å². The first-order valence-electron chi connectivity index (χ1n) is 8.90. The molecule has 2 aromatic rings. The van der Waals surface area contributed by atoms with Crippen molar-refractivity contribution in [1.29, 1.82) is 0 Å². The highest BCUT2D eigenvalue weighted by Gasteiger charge is 2.23. The standard InChI is InChI=1S/C21H26N2O2/c1-16-7-8-19(22)13-20(16)21(24)23(14-17-5-3-2-4-6-17)15-18-9-11-25-12-10-18/h2-8,13,18H,9-12,14-15,22H2,1H3. The first-order chi connectivity index (χ1) is 12.1. The summed E-state index contributed by atoms with van der Waals surface area (Å²) in [5.74, 6) is 0.544. The number of nitrogens with zero attached hydrogens (tertiary/aromatic N) is 1. The highest BCUT2D eigenvalue weighted by atomic mass is 16.5. The summed E-state index contributed by atoms with van der Waals surface area (Å²) in [4.78, 5) is 15.2. The van der Waals surface area contributed by atoms with Crippen molar-refractivity contribution in [2.24, 2.45) is 5.92 Å². The highest BCUT2D eigenvalue weighted by Crippen LogP contribution is 2.21. The largest absolute Gasteiger partial charge is 0.399 e. The van der Waals surface area contributed by atoms with Gasteiger partial charge in [-0.1, -0.05) is 36.4 Å². The van der Waals surface area contributed by atoms with Gasteiger partial charge in [0.05, 0.1) is 0 Å². The summed E-state index contributed by atoms with van der Waals surface area (Å²) in [7, 11) is 0. The second-order valence-electron chi connectivity index (χ2n) is 6.80. The average Bonchev–Trinajstić information content (AvgIpc) is 2.64. The van der Waals surface area contributed by atoms with Gasteiger partial charge in [-0.2, -0.15) is 0 Å². The van der Waals surface area contributed by atoms with Crippen molar-refractivity contribution in [2.45, 2.75) is 26.3 Å². The predicted octanol–water partition coefficient (Wildman–Crippen LogP) is 3.65. The van der Waals surface area contributed by atoms with E-state index in [2.05, 4.69) is 12.1 Å². The third kappa shape index (κ3) is 4.60. The van der Waals surface area contributed by atoms with Gasteiger partial charge in [-0.15, -0.1) is 0 Å². The Bertz CT molecular complexity index is 709. The summed E-state index contributed by atoms with van der Waals surface area (Å²) < 4.78 is 5.46. The summed E-state index contributed by atoms with van der Waals surface area (Å²) in [6.45, 7) is 4.91. The Kier molecular flexibility index (Phi) is 5.71. The second-order valence-corrected chi connectivity index (χ2v) is 6.80. The Balaban J connectivity index is 1.83. The van der Waals surface area contributed by atoms with E-state index in [9.17, 15) is 4.79 Å². The number of hydrogen-bond donors (Lipinski definition) is 1. The van der Waals surface area contributed by atoms with Gasteiger partial charge in [0.15, 0.2) is 0 Å². The summed E-state index contributed by atoms with van der Waals surface area (Å²) in [5, 5.41) is 0. The van der Waals surface area contributed by atoms with Crippen LogP contribution in [-0.2, 0) is 11.3 Å². The second kappa shape index (κ2) is 8.17. The molecule has 0 radical (unpaired) electrons. The van der Waals surface area contributed by atoms with Crippen molar-refractivity contribution < 1.29 is 9.53 Å². The zero-order chi connectivity index (χ0) is 17.6. The topological polar surface area (TPSA) is 55.6 Å². The molecule has 1 aliphatic heterocycles. The molecule has 4 heteroatoms. The molecule has 2 aromatic carbocycles. The van der Waals surface area contributed by atoms with Crippen LogP contribution in [0.5, 0.6) is 0 Å². The lowest BCUT2D eigenvalue weighted by molar-refractivity contribution is 0.0445. The maximum atomic E-state index is 13.2. The van der Waals surface area contributed by atoms with Crippen LogP contribution in [0.2, 0.25) is 0 Å². The quantitative estimate of drug-likeness (QED) is 0.847. The van der Waals surface area contributed by atoms with Gasteiger partial charge in [0.1, 0.15) is 0 Å². The van der Waals surface area contributed by atoms with Crippen LogP contribution in [0, 0.1) is 12.8 Å². The van der Waals surface area contributed by atoms with Crippen LogP contribution < -0.4 is 5.73 Å². The van der Waals surface area contributed by atoms with Crippen LogP contribution in [-0.4, -0.2) is 30.6 Å². The number of nitrogens with two attached hydrogens (primary N) is 1. The van der Waals surface area contributed by atoms with E-state index in [1.165, 1.54) is 0 Å². The molecule has 3 rings (SSSR count). The maximum Gasteiger partial charge on any atom is 0.254 e. The van der Waals surface area contributed by atoms with E-state index in [1.807, 2.05) is 42.2 Å². The third-order valence-electron chi connectivity index (χ3n) is 4.81. The molecular formula is C21H26N2O2. The minimum atomic E-state index is 0.0557. The van der Waals surface area contributed by atoms with E-state index in [1.54, 1.807) is 6.07 Å². The van der Waals surface area contributed by atoms with Gasteiger partial charge < -0.3 is 15.4 Å². The van der Waals surface area contributed by atoms with E-state index >= 15 is 0 Å². The summed E-state index contributed by atoms with van der Waals surface area (Å²) in [6.07, 6.45) is 2.02. The number of nitrogen functional groups attached to an aromatic ring is 1. The lowest BCUT2D eigenvalue weighted by atomic mass is 9.98. The van der Waals surface area contributed by atoms with E-state index in [4.69, 9.17) is 10.5 Å². The molecule has 25 heavy (non-hydrogen) atoms. The molecule has 0 spiro atoms. The number of benzene rings is 2. The molecule has 0 aliphatic carbocycles. The van der Waals surface area contributed by atoms with Crippen LogP contribution in [0.3, 0.4) is 0 Å². The van der Waals surface area contributed by atoms with E-state index in [0.717, 1.165) is 43.7 Å². The van der Waals surface area contributed by atoms with Crippen molar-refractivity contribution >= 4 is 11.6 Å². The highest BCUT2D eigenvalue weighted by molar-refractivity contribution is 5.96. The molecule has 0 bridgehead atoms. The van der Waals surface area contributed by atoms with E-state index in [-0.39, 0.29) is 5.91 Å². The number of rotatable bonds is 5. The Morgan fingerprint density at radius 1 is 1.16 bits per heavy atom. The minimum absolute atomic E-state index is 0.0557. The normalized spacial score (nSPS) is 15.1. The van der Waals surface area contributed by atoms with Crippen LogP contribution >= 0.6 is 0 Å². The Morgan fingerprint density at radius 2 is 1.88 bits per heavy atom. The van der Waals surface area contributed by atoms with Gasteiger partial charge in [-0.3, -0.25) is 4.79 Å². The number of carbonyl (C=O) groups excluding carboxylic acids is 1. The molecule has 0 aromatic heterocycles. The number of hydrogen-bond acceptors (Lipinski definition) is 3. The Morgan fingerprint density at radius 3 is 2.60 bits per heavy atom. The fraction of sp³-hybridized carbons (Fsp3) is 0.381. The molecule has 1 amide bonds. The van der Waals surface area contributed by atoms with Crippen LogP contribution in [0.15, 0.2) is 48.5 Å². The molecule has 0 unspecified atom stereocenters. The fourth-order valence-corrected chi connectivity index (χ4v) is 3.30. The number of aryl methyl sites for hydroxylation is 1. The summed E-state index contributed by atoms with van der Waals surface area (Å²) in [5.41, 5.74) is 9.34. The maximum absolute atomic E-state index is 13.2. The van der Waals surface area contributed by atoms with E-state index < -0.39 is 0 Å². The number of amides is 1. The third-order valence-corrected chi connectivity index (χ3v) is 4.81. The fourth-order valence-electron chi connectivity index (χ4n) is 3.30. The molecule has 1 heterocycles. The molecule has 132 valence electrons. The van der Waals surface area contributed by atoms with Crippen molar-refractivity contribution in [3.63, 3.8) is 0 Å². The molecule has 0 saturated carbocycles. The molecular weight excluding hydrogens is 312 g/mol. The van der Waals surface area contributed by atoms with Crippen LogP contribution in [0.25, 0.3) is 0 Å². The first kappa shape index (κ1) is 17.5. The SMILES string of the molecule is Cc1ccc(N)cc1C(=O)N(Cc1ccccc1)CC1CCOCC1. The Hall–Kier alpha value is -2.33. The van der Waals surface area contributed by atoms with Gasteiger partial charge in [0.2, 0.25) is 0 Å². The molecule has 1 fully saturated rings. The van der Waals surface area contributed by atoms with Gasteiger partial charge in [-0.05, 0) is 48.9 Å². The van der Waals surface area contributed by atoms with Crippen LogP contribution in [0.4, 0.5) is 5.69 Å². The summed E-state index contributed by atoms with van der Waals surface area (Å²) in [6, 6.07) is 15.7. The van der Waals surface area contributed by atoms with Crippen molar-refractivity contribution in [2.75, 3.05) is 25.5 Å². The zero-order valence-electron chi connectivity index (χ0n) is 14.8. The lowest BCUT2D eigenvalue weighted by Gasteiger charge is -2.30. The van der Waals surface area contributed by atoms with Gasteiger partial charge in [-0.25, -0.2) is 0 Å². The zero-order valence-corrected chi connectivity index (χ0v) is 14.8. The molecule has 1 aliphatic rings. The molecule has 0 atom stereocenters. The molecule has 1 saturated heterocycles. The lowest BCUT2D eigenvalue weighted by Crippen LogP contribution is -2.37. The number of carbonyl (C=O) groups is 1. The van der Waals surface area contributed by atoms with Gasteiger partial charge >= 0.3 is 0 Å². The van der Waals surface area contributed by atoms with Crippen molar-refractivity contribution in [3.8, 4) is 0 Å². The minimum Gasteiger partial charge on any atom is -0.399 e. The number of ether oxygens (including phenoxy) is 1. The van der Waals surface area contributed by atoms with Gasteiger partial charge in [0.25, 0.3) is 5.91 Å². The Labute approximate surface area is 149 Å². The first-order valence-corrected chi connectivity index (χ1v) is 8.90. The molecule has 4 nitrogen and oxygen atoms in total. The predicted molar refractivity (Wildman–Crippen MR) is 100 cm³/mol. The summed E-state index contributed by atoms with van der Waals surface area (Å²) >= 11 is 0. The van der Waals surface area contributed by atoms with Crippen LogP contribution in [0.1, 0.15) is 34.3 Å².